The SMILES string of the molecule is CC(C)Cc1nc(-c2csc3ccccc23)nc(Cl)c1I. The largest absolute Gasteiger partial charge is 0.232 e. The second-order valence-corrected chi connectivity index (χ2v) is 7.69. The molecule has 3 rings (SSSR count). The van der Waals surface area contributed by atoms with Crippen molar-refractivity contribution in [1.82, 2.24) is 9.97 Å². The standard InChI is InChI=1S/C16H14ClIN2S/c1-9(2)7-12-14(18)15(17)20-16(19-12)11-8-21-13-6-4-3-5-10(11)13/h3-6,8-9H,7H2,1-2H3. The number of benzene rings is 1. The Labute approximate surface area is 146 Å². The molecular weight excluding hydrogens is 415 g/mol. The Kier molecular flexibility index (Phi) is 4.47. The van der Waals surface area contributed by atoms with Crippen molar-refractivity contribution in [2.75, 3.05) is 0 Å². The molecule has 0 N–H and O–H groups in total. The van der Waals surface area contributed by atoms with Gasteiger partial charge in [-0.1, -0.05) is 43.6 Å². The lowest BCUT2D eigenvalue weighted by molar-refractivity contribution is 0.632. The maximum atomic E-state index is 6.32. The zero-order valence-corrected chi connectivity index (χ0v) is 15.5. The molecule has 1 aromatic carbocycles. The van der Waals surface area contributed by atoms with Crippen molar-refractivity contribution in [2.24, 2.45) is 5.92 Å². The molecule has 0 aliphatic rings. The van der Waals surface area contributed by atoms with Gasteiger partial charge in [0.15, 0.2) is 5.82 Å². The van der Waals surface area contributed by atoms with E-state index in [-0.39, 0.29) is 0 Å². The molecule has 0 aliphatic carbocycles. The van der Waals surface area contributed by atoms with Gasteiger partial charge in [-0.15, -0.1) is 11.3 Å². The molecule has 0 unspecified atom stereocenters. The van der Waals surface area contributed by atoms with Crippen molar-refractivity contribution in [3.63, 3.8) is 0 Å². The molecule has 0 atom stereocenters. The van der Waals surface area contributed by atoms with Crippen molar-refractivity contribution in [3.05, 3.63) is 44.1 Å². The summed E-state index contributed by atoms with van der Waals surface area (Å²) in [4.78, 5) is 9.26. The van der Waals surface area contributed by atoms with Gasteiger partial charge in [0.05, 0.1) is 9.26 Å². The minimum Gasteiger partial charge on any atom is -0.232 e. The summed E-state index contributed by atoms with van der Waals surface area (Å²) in [6.45, 7) is 4.37. The molecular formula is C16H14ClIN2S. The topological polar surface area (TPSA) is 25.8 Å². The van der Waals surface area contributed by atoms with Crippen LogP contribution in [0.3, 0.4) is 0 Å². The molecule has 2 nitrogen and oxygen atoms in total. The van der Waals surface area contributed by atoms with Crippen LogP contribution in [-0.2, 0) is 6.42 Å². The number of hydrogen-bond donors (Lipinski definition) is 0. The fourth-order valence-corrected chi connectivity index (χ4v) is 3.85. The second kappa shape index (κ2) is 6.18. The normalized spacial score (nSPS) is 11.5. The summed E-state index contributed by atoms with van der Waals surface area (Å²) >= 11 is 10.3. The quantitative estimate of drug-likeness (QED) is 0.388. The smallest absolute Gasteiger partial charge is 0.162 e. The molecule has 108 valence electrons. The average Bonchev–Trinajstić information content (AvgIpc) is 2.87. The van der Waals surface area contributed by atoms with Crippen molar-refractivity contribution in [2.45, 2.75) is 20.3 Å². The lowest BCUT2D eigenvalue weighted by Crippen LogP contribution is -2.04. The van der Waals surface area contributed by atoms with Gasteiger partial charge in [-0.05, 0) is 41.0 Å². The summed E-state index contributed by atoms with van der Waals surface area (Å²) in [7, 11) is 0. The Bertz CT molecular complexity index is 798. The highest BCUT2D eigenvalue weighted by Crippen LogP contribution is 2.33. The van der Waals surface area contributed by atoms with Crippen LogP contribution in [-0.4, -0.2) is 9.97 Å². The van der Waals surface area contributed by atoms with E-state index < -0.39 is 0 Å². The van der Waals surface area contributed by atoms with Crippen LogP contribution in [0, 0.1) is 9.49 Å². The first-order chi connectivity index (χ1) is 10.1. The highest BCUT2D eigenvalue weighted by atomic mass is 127. The minimum absolute atomic E-state index is 0.538. The van der Waals surface area contributed by atoms with Gasteiger partial charge in [0.25, 0.3) is 0 Å². The number of thiophene rings is 1. The summed E-state index contributed by atoms with van der Waals surface area (Å²) in [5, 5.41) is 3.85. The second-order valence-electron chi connectivity index (χ2n) is 5.34. The third kappa shape index (κ3) is 3.07. The molecule has 2 aromatic heterocycles. The van der Waals surface area contributed by atoms with E-state index in [4.69, 9.17) is 16.6 Å². The molecule has 3 aromatic rings. The first-order valence-electron chi connectivity index (χ1n) is 6.74. The Balaban J connectivity index is 2.16. The summed E-state index contributed by atoms with van der Waals surface area (Å²) < 4.78 is 2.21. The fourth-order valence-electron chi connectivity index (χ4n) is 2.26. The van der Waals surface area contributed by atoms with Crippen LogP contribution >= 0.6 is 45.5 Å². The van der Waals surface area contributed by atoms with Crippen LogP contribution in [0.15, 0.2) is 29.6 Å². The van der Waals surface area contributed by atoms with Gasteiger partial charge in [-0.25, -0.2) is 9.97 Å². The minimum atomic E-state index is 0.538. The number of halogens is 2. The fraction of sp³-hybridized carbons (Fsp3) is 0.250. The maximum Gasteiger partial charge on any atom is 0.162 e. The molecule has 0 saturated carbocycles. The highest BCUT2D eigenvalue weighted by Gasteiger charge is 2.15. The Morgan fingerprint density at radius 3 is 2.76 bits per heavy atom. The van der Waals surface area contributed by atoms with Gasteiger partial charge >= 0.3 is 0 Å². The first-order valence-corrected chi connectivity index (χ1v) is 9.08. The Hall–Kier alpha value is -0.720. The summed E-state index contributed by atoms with van der Waals surface area (Å²) in [5.41, 5.74) is 2.11. The van der Waals surface area contributed by atoms with Gasteiger partial charge in [-0.3, -0.25) is 0 Å². The third-order valence-electron chi connectivity index (χ3n) is 3.20. The summed E-state index contributed by atoms with van der Waals surface area (Å²) in [6.07, 6.45) is 0.912. The number of fused-ring (bicyclic) bond motifs is 1. The van der Waals surface area contributed by atoms with E-state index >= 15 is 0 Å². The van der Waals surface area contributed by atoms with Crippen molar-refractivity contribution in [3.8, 4) is 11.4 Å². The van der Waals surface area contributed by atoms with E-state index in [1.807, 2.05) is 6.07 Å². The molecule has 0 bridgehead atoms. The number of hydrogen-bond acceptors (Lipinski definition) is 3. The molecule has 0 saturated heterocycles. The van der Waals surface area contributed by atoms with E-state index in [1.54, 1.807) is 11.3 Å². The molecule has 2 heterocycles. The molecule has 0 spiro atoms. The summed E-state index contributed by atoms with van der Waals surface area (Å²) in [5.74, 6) is 1.27. The van der Waals surface area contributed by atoms with E-state index in [1.165, 1.54) is 10.1 Å². The van der Waals surface area contributed by atoms with E-state index in [0.29, 0.717) is 11.1 Å². The number of aromatic nitrogens is 2. The third-order valence-corrected chi connectivity index (χ3v) is 5.89. The highest BCUT2D eigenvalue weighted by molar-refractivity contribution is 14.1. The molecule has 0 aliphatic heterocycles. The Morgan fingerprint density at radius 1 is 1.24 bits per heavy atom. The first kappa shape index (κ1) is 15.2. The zero-order chi connectivity index (χ0) is 15.0. The summed E-state index contributed by atoms with van der Waals surface area (Å²) in [6, 6.07) is 8.32. The van der Waals surface area contributed by atoms with Gasteiger partial charge in [0.1, 0.15) is 5.15 Å². The van der Waals surface area contributed by atoms with Crippen molar-refractivity contribution < 1.29 is 0 Å². The van der Waals surface area contributed by atoms with Crippen LogP contribution in [0.1, 0.15) is 19.5 Å². The van der Waals surface area contributed by atoms with E-state index in [9.17, 15) is 0 Å². The van der Waals surface area contributed by atoms with Crippen LogP contribution < -0.4 is 0 Å². The molecule has 21 heavy (non-hydrogen) atoms. The Morgan fingerprint density at radius 2 is 2.00 bits per heavy atom. The van der Waals surface area contributed by atoms with Gasteiger partial charge in [0, 0.05) is 21.0 Å². The molecule has 0 fully saturated rings. The van der Waals surface area contributed by atoms with E-state index in [2.05, 4.69) is 65.0 Å². The van der Waals surface area contributed by atoms with Crippen LogP contribution in [0.4, 0.5) is 0 Å². The molecule has 0 radical (unpaired) electrons. The van der Waals surface area contributed by atoms with Crippen LogP contribution in [0.5, 0.6) is 0 Å². The number of nitrogens with zero attached hydrogens (tertiary/aromatic N) is 2. The van der Waals surface area contributed by atoms with Crippen molar-refractivity contribution >= 4 is 55.6 Å². The van der Waals surface area contributed by atoms with Crippen LogP contribution in [0.25, 0.3) is 21.5 Å². The van der Waals surface area contributed by atoms with Crippen molar-refractivity contribution in [1.29, 1.82) is 0 Å². The molecule has 5 heteroatoms. The maximum absolute atomic E-state index is 6.32. The van der Waals surface area contributed by atoms with Gasteiger partial charge in [-0.2, -0.15) is 0 Å². The predicted molar refractivity (Wildman–Crippen MR) is 99.1 cm³/mol. The average molecular weight is 429 g/mol. The van der Waals surface area contributed by atoms with Gasteiger partial charge < -0.3 is 0 Å². The monoisotopic (exact) mass is 428 g/mol. The lowest BCUT2D eigenvalue weighted by atomic mass is 10.1. The van der Waals surface area contributed by atoms with E-state index in [0.717, 1.165) is 27.1 Å². The number of rotatable bonds is 3. The zero-order valence-electron chi connectivity index (χ0n) is 11.7. The van der Waals surface area contributed by atoms with Gasteiger partial charge in [0.2, 0.25) is 0 Å². The lowest BCUT2D eigenvalue weighted by Gasteiger charge is -2.10. The van der Waals surface area contributed by atoms with Crippen LogP contribution in [0.2, 0.25) is 5.15 Å². The predicted octanol–water partition coefficient (Wildman–Crippen LogP) is 5.81. The molecule has 0 amide bonds.